The summed E-state index contributed by atoms with van der Waals surface area (Å²) in [5, 5.41) is 0. The molecule has 1 aromatic heterocycles. The highest BCUT2D eigenvalue weighted by Crippen LogP contribution is 2.16. The number of hydrogen-bond donors (Lipinski definition) is 0. The molecular formula is C13H20FN3O. The fraction of sp³-hybridized carbons (Fsp3) is 0.615. The molecule has 1 fully saturated rings. The van der Waals surface area contributed by atoms with Crippen LogP contribution in [-0.4, -0.2) is 54.6 Å². The predicted octanol–water partition coefficient (Wildman–Crippen LogP) is 1.37. The molecule has 2 rings (SSSR count). The number of pyridine rings is 1. The van der Waals surface area contributed by atoms with Crippen molar-refractivity contribution in [3.8, 4) is 5.88 Å². The Morgan fingerprint density at radius 3 is 2.67 bits per heavy atom. The molecule has 1 aromatic rings. The van der Waals surface area contributed by atoms with Gasteiger partial charge in [-0.05, 0) is 25.6 Å². The van der Waals surface area contributed by atoms with Crippen molar-refractivity contribution in [2.75, 3.05) is 39.8 Å². The van der Waals surface area contributed by atoms with E-state index in [9.17, 15) is 4.39 Å². The number of hydrogen-bond acceptors (Lipinski definition) is 4. The lowest BCUT2D eigenvalue weighted by atomic mass is 10.2. The van der Waals surface area contributed by atoms with Crippen molar-refractivity contribution in [1.82, 2.24) is 14.8 Å². The van der Waals surface area contributed by atoms with E-state index >= 15 is 0 Å². The Labute approximate surface area is 107 Å². The molecule has 2 heterocycles. The molecule has 1 aliphatic rings. The second kappa shape index (κ2) is 6.11. The summed E-state index contributed by atoms with van der Waals surface area (Å²) in [6.07, 6.45) is 1.70. The molecule has 100 valence electrons. The smallest absolute Gasteiger partial charge is 0.250 e. The van der Waals surface area contributed by atoms with Crippen LogP contribution >= 0.6 is 0 Å². The molecule has 4 nitrogen and oxygen atoms in total. The summed E-state index contributed by atoms with van der Waals surface area (Å²) in [5.74, 6) is -0.275. The number of rotatable bonds is 4. The van der Waals surface area contributed by atoms with Gasteiger partial charge >= 0.3 is 0 Å². The minimum atomic E-state index is -0.372. The molecule has 0 N–H and O–H groups in total. The predicted molar refractivity (Wildman–Crippen MR) is 68.1 cm³/mol. The molecule has 0 aromatic carbocycles. The Hall–Kier alpha value is -1.20. The maximum atomic E-state index is 13.6. The van der Waals surface area contributed by atoms with Crippen LogP contribution in [-0.2, 0) is 6.54 Å². The Balaban J connectivity index is 1.95. The number of piperazine rings is 1. The molecule has 1 saturated heterocycles. The number of likely N-dealkylation sites (N-methyl/N-ethyl adjacent to an activating group) is 1. The Morgan fingerprint density at radius 1 is 1.33 bits per heavy atom. The van der Waals surface area contributed by atoms with Crippen LogP contribution in [0.4, 0.5) is 4.39 Å². The third-order valence-corrected chi connectivity index (χ3v) is 3.15. The maximum absolute atomic E-state index is 13.6. The molecule has 0 atom stereocenters. The molecule has 0 amide bonds. The van der Waals surface area contributed by atoms with Gasteiger partial charge in [0.2, 0.25) is 5.88 Å². The highest BCUT2D eigenvalue weighted by Gasteiger charge is 2.15. The van der Waals surface area contributed by atoms with Gasteiger partial charge in [0.15, 0.2) is 5.82 Å². The van der Waals surface area contributed by atoms with Gasteiger partial charge < -0.3 is 9.64 Å². The summed E-state index contributed by atoms with van der Waals surface area (Å²) in [5.41, 5.74) is 0.903. The highest BCUT2D eigenvalue weighted by atomic mass is 19.1. The number of halogens is 1. The standard InChI is InChI=1S/C13H20FN3O/c1-3-18-13-12(14)8-11(9-15-13)10-17-6-4-16(2)5-7-17/h8-9H,3-7,10H2,1-2H3. The van der Waals surface area contributed by atoms with E-state index in [1.807, 2.05) is 6.92 Å². The van der Waals surface area contributed by atoms with Gasteiger partial charge in [0.05, 0.1) is 6.61 Å². The van der Waals surface area contributed by atoms with E-state index in [0.29, 0.717) is 6.61 Å². The van der Waals surface area contributed by atoms with E-state index < -0.39 is 0 Å². The number of ether oxygens (including phenoxy) is 1. The third kappa shape index (κ3) is 3.40. The van der Waals surface area contributed by atoms with Crippen LogP contribution in [0.25, 0.3) is 0 Å². The molecule has 0 spiro atoms. The highest BCUT2D eigenvalue weighted by molar-refractivity contribution is 5.20. The third-order valence-electron chi connectivity index (χ3n) is 3.15. The van der Waals surface area contributed by atoms with Gasteiger partial charge in [-0.2, -0.15) is 0 Å². The largest absolute Gasteiger partial charge is 0.476 e. The van der Waals surface area contributed by atoms with Gasteiger partial charge in [-0.25, -0.2) is 9.37 Å². The Morgan fingerprint density at radius 2 is 2.06 bits per heavy atom. The molecule has 0 unspecified atom stereocenters. The van der Waals surface area contributed by atoms with Crippen LogP contribution in [0.3, 0.4) is 0 Å². The van der Waals surface area contributed by atoms with Gasteiger partial charge in [0, 0.05) is 38.9 Å². The fourth-order valence-corrected chi connectivity index (χ4v) is 2.06. The number of aromatic nitrogens is 1. The van der Waals surface area contributed by atoms with E-state index in [-0.39, 0.29) is 11.7 Å². The summed E-state index contributed by atoms with van der Waals surface area (Å²) in [6, 6.07) is 1.52. The maximum Gasteiger partial charge on any atom is 0.250 e. The molecule has 0 aliphatic carbocycles. The lowest BCUT2D eigenvalue weighted by Crippen LogP contribution is -2.43. The van der Waals surface area contributed by atoms with Crippen LogP contribution in [0, 0.1) is 5.82 Å². The first kappa shape index (κ1) is 13.2. The molecule has 18 heavy (non-hydrogen) atoms. The van der Waals surface area contributed by atoms with Crippen molar-refractivity contribution in [2.45, 2.75) is 13.5 Å². The zero-order chi connectivity index (χ0) is 13.0. The van der Waals surface area contributed by atoms with Crippen LogP contribution < -0.4 is 4.74 Å². The second-order valence-corrected chi connectivity index (χ2v) is 4.64. The molecule has 5 heteroatoms. The first-order valence-corrected chi connectivity index (χ1v) is 6.37. The van der Waals surface area contributed by atoms with Crippen molar-refractivity contribution in [1.29, 1.82) is 0 Å². The van der Waals surface area contributed by atoms with Crippen molar-refractivity contribution in [2.24, 2.45) is 0 Å². The minimum absolute atomic E-state index is 0.0969. The van der Waals surface area contributed by atoms with E-state index in [0.717, 1.165) is 38.3 Å². The van der Waals surface area contributed by atoms with Crippen LogP contribution in [0.1, 0.15) is 12.5 Å². The van der Waals surface area contributed by atoms with Crippen molar-refractivity contribution < 1.29 is 9.13 Å². The van der Waals surface area contributed by atoms with Gasteiger partial charge in [0.1, 0.15) is 0 Å². The van der Waals surface area contributed by atoms with Crippen molar-refractivity contribution in [3.63, 3.8) is 0 Å². The van der Waals surface area contributed by atoms with Gasteiger partial charge in [-0.15, -0.1) is 0 Å². The number of nitrogens with zero attached hydrogens (tertiary/aromatic N) is 3. The average Bonchev–Trinajstić information content (AvgIpc) is 2.36. The summed E-state index contributed by atoms with van der Waals surface area (Å²) in [7, 11) is 2.12. The first-order chi connectivity index (χ1) is 8.69. The second-order valence-electron chi connectivity index (χ2n) is 4.64. The minimum Gasteiger partial charge on any atom is -0.476 e. The lowest BCUT2D eigenvalue weighted by Gasteiger charge is -2.32. The van der Waals surface area contributed by atoms with Crippen molar-refractivity contribution in [3.05, 3.63) is 23.6 Å². The fourth-order valence-electron chi connectivity index (χ4n) is 2.06. The topological polar surface area (TPSA) is 28.6 Å². The van der Waals surface area contributed by atoms with Crippen LogP contribution in [0.2, 0.25) is 0 Å². The van der Waals surface area contributed by atoms with E-state index in [2.05, 4.69) is 21.8 Å². The van der Waals surface area contributed by atoms with Gasteiger partial charge in [0.25, 0.3) is 0 Å². The van der Waals surface area contributed by atoms with Gasteiger partial charge in [-0.1, -0.05) is 0 Å². The van der Waals surface area contributed by atoms with Crippen LogP contribution in [0.5, 0.6) is 5.88 Å². The molecule has 1 aliphatic heterocycles. The molecule has 0 bridgehead atoms. The Kier molecular flexibility index (Phi) is 4.49. The monoisotopic (exact) mass is 253 g/mol. The first-order valence-electron chi connectivity index (χ1n) is 6.37. The van der Waals surface area contributed by atoms with E-state index in [1.54, 1.807) is 6.20 Å². The van der Waals surface area contributed by atoms with E-state index in [4.69, 9.17) is 4.74 Å². The zero-order valence-electron chi connectivity index (χ0n) is 11.0. The zero-order valence-corrected chi connectivity index (χ0v) is 11.0. The quantitative estimate of drug-likeness (QED) is 0.810. The summed E-state index contributed by atoms with van der Waals surface area (Å²) < 4.78 is 18.7. The molecular weight excluding hydrogens is 233 g/mol. The summed E-state index contributed by atoms with van der Waals surface area (Å²) in [4.78, 5) is 8.63. The van der Waals surface area contributed by atoms with Gasteiger partial charge in [-0.3, -0.25) is 4.90 Å². The summed E-state index contributed by atoms with van der Waals surface area (Å²) in [6.45, 7) is 7.17. The van der Waals surface area contributed by atoms with Crippen LogP contribution in [0.15, 0.2) is 12.3 Å². The average molecular weight is 253 g/mol. The molecule has 0 saturated carbocycles. The van der Waals surface area contributed by atoms with E-state index in [1.165, 1.54) is 6.07 Å². The lowest BCUT2D eigenvalue weighted by molar-refractivity contribution is 0.148. The molecule has 0 radical (unpaired) electrons. The van der Waals surface area contributed by atoms with Crippen molar-refractivity contribution >= 4 is 0 Å². The summed E-state index contributed by atoms with van der Waals surface area (Å²) >= 11 is 0. The normalized spacial score (nSPS) is 17.9. The SMILES string of the molecule is CCOc1ncc(CN2CCN(C)CC2)cc1F. The Bertz CT molecular complexity index is 392.